The molecule has 4 heteroatoms. The Hall–Kier alpha value is -0.610. The highest BCUT2D eigenvalue weighted by Crippen LogP contribution is 1.97. The van der Waals surface area contributed by atoms with Gasteiger partial charge in [-0.1, -0.05) is 13.8 Å². The average molecular weight is 188 g/mol. The lowest BCUT2D eigenvalue weighted by molar-refractivity contribution is -0.123. The Balaban J connectivity index is 3.62. The number of hydrogen-bond donors (Lipinski definition) is 3. The van der Waals surface area contributed by atoms with Crippen LogP contribution < -0.4 is 11.1 Å². The smallest absolute Gasteiger partial charge is 0.237 e. The topological polar surface area (TPSA) is 75.4 Å². The minimum absolute atomic E-state index is 0.143. The fourth-order valence-electron chi connectivity index (χ4n) is 0.825. The summed E-state index contributed by atoms with van der Waals surface area (Å²) in [6.07, 6.45) is 0.187. The van der Waals surface area contributed by atoms with Crippen LogP contribution in [0.3, 0.4) is 0 Å². The molecule has 1 amide bonds. The molecule has 0 aromatic rings. The van der Waals surface area contributed by atoms with E-state index in [9.17, 15) is 4.79 Å². The van der Waals surface area contributed by atoms with Crippen molar-refractivity contribution in [2.24, 2.45) is 11.7 Å². The SMILES string of the molecule is CC(C)[C@@H](N)C(=O)NCC[C@H](C)O. The monoisotopic (exact) mass is 188 g/mol. The van der Waals surface area contributed by atoms with Gasteiger partial charge in [0.15, 0.2) is 0 Å². The highest BCUT2D eigenvalue weighted by molar-refractivity contribution is 5.81. The van der Waals surface area contributed by atoms with Crippen LogP contribution in [0.15, 0.2) is 0 Å². The van der Waals surface area contributed by atoms with Crippen LogP contribution in [0.25, 0.3) is 0 Å². The van der Waals surface area contributed by atoms with Crippen molar-refractivity contribution in [1.29, 1.82) is 0 Å². The van der Waals surface area contributed by atoms with Crippen LogP contribution >= 0.6 is 0 Å². The quantitative estimate of drug-likeness (QED) is 0.562. The van der Waals surface area contributed by atoms with E-state index in [0.717, 1.165) is 0 Å². The summed E-state index contributed by atoms with van der Waals surface area (Å²) in [6, 6.07) is -0.450. The third kappa shape index (κ3) is 5.60. The summed E-state index contributed by atoms with van der Waals surface area (Å²) < 4.78 is 0. The third-order valence-electron chi connectivity index (χ3n) is 1.88. The maximum absolute atomic E-state index is 11.2. The number of amides is 1. The van der Waals surface area contributed by atoms with Gasteiger partial charge in [0.1, 0.15) is 0 Å². The van der Waals surface area contributed by atoms with Crippen LogP contribution in [0.5, 0.6) is 0 Å². The molecule has 4 nitrogen and oxygen atoms in total. The Morgan fingerprint density at radius 3 is 2.38 bits per heavy atom. The number of nitrogens with two attached hydrogens (primary N) is 1. The lowest BCUT2D eigenvalue weighted by atomic mass is 10.1. The molecule has 0 radical (unpaired) electrons. The molecule has 0 saturated carbocycles. The largest absolute Gasteiger partial charge is 0.393 e. The highest BCUT2D eigenvalue weighted by Gasteiger charge is 2.16. The van der Waals surface area contributed by atoms with E-state index in [0.29, 0.717) is 13.0 Å². The molecule has 0 rings (SSSR count). The van der Waals surface area contributed by atoms with Gasteiger partial charge in [-0.15, -0.1) is 0 Å². The Morgan fingerprint density at radius 2 is 2.00 bits per heavy atom. The summed E-state index contributed by atoms with van der Waals surface area (Å²) in [5.41, 5.74) is 5.60. The van der Waals surface area contributed by atoms with Gasteiger partial charge in [0.05, 0.1) is 12.1 Å². The maximum atomic E-state index is 11.2. The van der Waals surface area contributed by atoms with Gasteiger partial charge in [-0.3, -0.25) is 4.79 Å². The summed E-state index contributed by atoms with van der Waals surface area (Å²) in [7, 11) is 0. The van der Waals surface area contributed by atoms with Crippen molar-refractivity contribution in [3.8, 4) is 0 Å². The Morgan fingerprint density at radius 1 is 1.46 bits per heavy atom. The van der Waals surface area contributed by atoms with Crippen molar-refractivity contribution < 1.29 is 9.90 Å². The first-order valence-corrected chi connectivity index (χ1v) is 4.66. The fraction of sp³-hybridized carbons (Fsp3) is 0.889. The number of hydrogen-bond acceptors (Lipinski definition) is 3. The minimum atomic E-state index is -0.450. The van der Waals surface area contributed by atoms with Crippen molar-refractivity contribution >= 4 is 5.91 Å². The summed E-state index contributed by atoms with van der Waals surface area (Å²) >= 11 is 0. The Labute approximate surface area is 79.5 Å². The molecule has 0 unspecified atom stereocenters. The first-order valence-electron chi connectivity index (χ1n) is 4.66. The van der Waals surface area contributed by atoms with Crippen molar-refractivity contribution in [3.05, 3.63) is 0 Å². The second-order valence-corrected chi connectivity index (χ2v) is 3.70. The molecule has 0 aromatic carbocycles. The maximum Gasteiger partial charge on any atom is 0.237 e. The molecule has 0 aliphatic rings. The minimum Gasteiger partial charge on any atom is -0.393 e. The van der Waals surface area contributed by atoms with Gasteiger partial charge in [-0.05, 0) is 19.3 Å². The fourth-order valence-corrected chi connectivity index (χ4v) is 0.825. The third-order valence-corrected chi connectivity index (χ3v) is 1.88. The molecule has 0 fully saturated rings. The molecule has 0 spiro atoms. The second-order valence-electron chi connectivity index (χ2n) is 3.70. The van der Waals surface area contributed by atoms with Crippen LogP contribution in [-0.2, 0) is 4.79 Å². The number of nitrogens with one attached hydrogen (secondary N) is 1. The number of aliphatic hydroxyl groups excluding tert-OH is 1. The number of aliphatic hydroxyl groups is 1. The summed E-state index contributed by atoms with van der Waals surface area (Å²) in [4.78, 5) is 11.2. The molecule has 0 saturated heterocycles. The number of rotatable bonds is 5. The predicted molar refractivity (Wildman–Crippen MR) is 52.1 cm³/mol. The van der Waals surface area contributed by atoms with Gasteiger partial charge in [0.25, 0.3) is 0 Å². The van der Waals surface area contributed by atoms with Crippen LogP contribution in [0.2, 0.25) is 0 Å². The van der Waals surface area contributed by atoms with Crippen LogP contribution in [0.4, 0.5) is 0 Å². The summed E-state index contributed by atoms with van der Waals surface area (Å²) in [6.45, 7) is 5.98. The van der Waals surface area contributed by atoms with Gasteiger partial charge >= 0.3 is 0 Å². The number of carbonyl (C=O) groups is 1. The molecule has 0 aliphatic heterocycles. The first kappa shape index (κ1) is 12.4. The van der Waals surface area contributed by atoms with Crippen molar-refractivity contribution in [1.82, 2.24) is 5.32 Å². The predicted octanol–water partition coefficient (Wildman–Crippen LogP) is -0.143. The van der Waals surface area contributed by atoms with Gasteiger partial charge in [0, 0.05) is 6.54 Å². The second kappa shape index (κ2) is 5.94. The zero-order valence-corrected chi connectivity index (χ0v) is 8.58. The van der Waals surface area contributed by atoms with Gasteiger partial charge in [-0.25, -0.2) is 0 Å². The van der Waals surface area contributed by atoms with Gasteiger partial charge in [0.2, 0.25) is 5.91 Å². The van der Waals surface area contributed by atoms with E-state index >= 15 is 0 Å². The Bertz CT molecular complexity index is 158. The van der Waals surface area contributed by atoms with Crippen LogP contribution in [-0.4, -0.2) is 29.7 Å². The molecule has 2 atom stereocenters. The molecule has 0 heterocycles. The van der Waals surface area contributed by atoms with Crippen molar-refractivity contribution in [2.75, 3.05) is 6.54 Å². The van der Waals surface area contributed by atoms with E-state index < -0.39 is 6.04 Å². The van der Waals surface area contributed by atoms with Crippen molar-refractivity contribution in [3.63, 3.8) is 0 Å². The lowest BCUT2D eigenvalue weighted by Gasteiger charge is -2.15. The normalized spacial score (nSPS) is 15.5. The zero-order valence-electron chi connectivity index (χ0n) is 8.58. The van der Waals surface area contributed by atoms with E-state index in [-0.39, 0.29) is 17.9 Å². The van der Waals surface area contributed by atoms with Crippen LogP contribution in [0.1, 0.15) is 27.2 Å². The molecule has 0 bridgehead atoms. The lowest BCUT2D eigenvalue weighted by Crippen LogP contribution is -2.44. The average Bonchev–Trinajstić information content (AvgIpc) is 2.02. The summed E-state index contributed by atoms with van der Waals surface area (Å²) in [5.74, 6) is 0.00204. The van der Waals surface area contributed by atoms with Gasteiger partial charge < -0.3 is 16.2 Å². The summed E-state index contributed by atoms with van der Waals surface area (Å²) in [5, 5.41) is 11.6. The molecule has 0 aromatic heterocycles. The standard InChI is InChI=1S/C9H20N2O2/c1-6(2)8(10)9(13)11-5-4-7(3)12/h6-8,12H,4-5,10H2,1-3H3,(H,11,13)/t7-,8+/m0/s1. The van der Waals surface area contributed by atoms with E-state index in [1.54, 1.807) is 6.92 Å². The molecular formula is C9H20N2O2. The van der Waals surface area contributed by atoms with Gasteiger partial charge in [-0.2, -0.15) is 0 Å². The molecule has 4 N–H and O–H groups in total. The first-order chi connectivity index (χ1) is 5.95. The molecule has 78 valence electrons. The van der Waals surface area contributed by atoms with E-state index in [2.05, 4.69) is 5.32 Å². The highest BCUT2D eigenvalue weighted by atomic mass is 16.3. The van der Waals surface area contributed by atoms with E-state index in [4.69, 9.17) is 10.8 Å². The molecule has 0 aliphatic carbocycles. The molecule has 13 heavy (non-hydrogen) atoms. The molecular weight excluding hydrogens is 168 g/mol. The zero-order chi connectivity index (χ0) is 10.4. The Kier molecular flexibility index (Phi) is 5.66. The van der Waals surface area contributed by atoms with Crippen molar-refractivity contribution in [2.45, 2.75) is 39.3 Å². The number of carbonyl (C=O) groups excluding carboxylic acids is 1. The van der Waals surface area contributed by atoms with Crippen LogP contribution in [0, 0.1) is 5.92 Å². The van der Waals surface area contributed by atoms with E-state index in [1.165, 1.54) is 0 Å². The van der Waals surface area contributed by atoms with E-state index in [1.807, 2.05) is 13.8 Å².